The van der Waals surface area contributed by atoms with Crippen LogP contribution in [0.2, 0.25) is 0 Å². The Kier molecular flexibility index (Phi) is 6.61. The average molecular weight is 458 g/mol. The van der Waals surface area contributed by atoms with Crippen LogP contribution < -0.4 is 10.6 Å². The Labute approximate surface area is 190 Å². The minimum absolute atomic E-state index is 0.0831. The zero-order chi connectivity index (χ0) is 22.7. The SMILES string of the molecule is CCC(Nc1nsnc1Nc1cccc(C(=O)N2CCCC2CO)c1O)c1ccc(C)o1. The zero-order valence-corrected chi connectivity index (χ0v) is 18.9. The van der Waals surface area contributed by atoms with Crippen LogP contribution in [0.1, 0.15) is 54.1 Å². The highest BCUT2D eigenvalue weighted by atomic mass is 32.1. The van der Waals surface area contributed by atoms with E-state index in [1.54, 1.807) is 23.1 Å². The molecule has 0 bridgehead atoms. The predicted octanol–water partition coefficient (Wildman–Crippen LogP) is 4.05. The van der Waals surface area contributed by atoms with Crippen LogP contribution in [0.15, 0.2) is 34.7 Å². The van der Waals surface area contributed by atoms with Gasteiger partial charge in [-0.15, -0.1) is 0 Å². The van der Waals surface area contributed by atoms with Gasteiger partial charge in [0, 0.05) is 6.54 Å². The van der Waals surface area contributed by atoms with E-state index in [0.717, 1.165) is 42.5 Å². The fourth-order valence-corrected chi connectivity index (χ4v) is 4.41. The van der Waals surface area contributed by atoms with Gasteiger partial charge in [0.1, 0.15) is 11.5 Å². The first-order chi connectivity index (χ1) is 15.5. The molecule has 1 fully saturated rings. The number of amides is 1. The summed E-state index contributed by atoms with van der Waals surface area (Å²) in [5.41, 5.74) is 0.541. The highest BCUT2D eigenvalue weighted by molar-refractivity contribution is 6.99. The molecule has 3 aromatic rings. The molecule has 1 saturated heterocycles. The zero-order valence-electron chi connectivity index (χ0n) is 18.0. The second-order valence-corrected chi connectivity index (χ2v) is 8.35. The van der Waals surface area contributed by atoms with E-state index in [-0.39, 0.29) is 35.9 Å². The number of hydrogen-bond acceptors (Lipinski definition) is 9. The quantitative estimate of drug-likeness (QED) is 0.374. The number of carbonyl (C=O) groups excluding carboxylic acids is 1. The lowest BCUT2D eigenvalue weighted by Crippen LogP contribution is -2.37. The molecule has 1 aromatic carbocycles. The van der Waals surface area contributed by atoms with Gasteiger partial charge in [0.2, 0.25) is 0 Å². The molecule has 4 N–H and O–H groups in total. The fourth-order valence-electron chi connectivity index (χ4n) is 3.94. The number of aliphatic hydroxyl groups is 1. The molecule has 1 amide bonds. The molecule has 1 aliphatic heterocycles. The van der Waals surface area contributed by atoms with Gasteiger partial charge in [0.05, 0.1) is 41.7 Å². The molecule has 4 rings (SSSR count). The van der Waals surface area contributed by atoms with Crippen LogP contribution in [0.4, 0.5) is 17.3 Å². The van der Waals surface area contributed by atoms with Crippen molar-refractivity contribution in [1.29, 1.82) is 0 Å². The third kappa shape index (κ3) is 4.42. The van der Waals surface area contributed by atoms with E-state index in [0.29, 0.717) is 23.9 Å². The minimum Gasteiger partial charge on any atom is -0.505 e. The lowest BCUT2D eigenvalue weighted by Gasteiger charge is -2.24. The first kappa shape index (κ1) is 22.1. The molecule has 32 heavy (non-hydrogen) atoms. The third-order valence-corrected chi connectivity index (χ3v) is 6.21. The number of benzene rings is 1. The smallest absolute Gasteiger partial charge is 0.258 e. The number of aromatic hydroxyl groups is 1. The Bertz CT molecular complexity index is 1080. The second-order valence-electron chi connectivity index (χ2n) is 7.82. The molecule has 2 atom stereocenters. The van der Waals surface area contributed by atoms with Crippen LogP contribution >= 0.6 is 11.7 Å². The summed E-state index contributed by atoms with van der Waals surface area (Å²) in [4.78, 5) is 14.6. The molecule has 1 aliphatic rings. The highest BCUT2D eigenvalue weighted by Crippen LogP contribution is 2.35. The highest BCUT2D eigenvalue weighted by Gasteiger charge is 2.30. The first-order valence-corrected chi connectivity index (χ1v) is 11.4. The molecular weight excluding hydrogens is 430 g/mol. The lowest BCUT2D eigenvalue weighted by molar-refractivity contribution is 0.0674. The van der Waals surface area contributed by atoms with Crippen molar-refractivity contribution in [3.05, 3.63) is 47.4 Å². The summed E-state index contributed by atoms with van der Waals surface area (Å²) in [5, 5.41) is 26.8. The van der Waals surface area contributed by atoms with E-state index < -0.39 is 0 Å². The summed E-state index contributed by atoms with van der Waals surface area (Å²) in [7, 11) is 0. The number of carbonyl (C=O) groups is 1. The van der Waals surface area contributed by atoms with E-state index in [2.05, 4.69) is 19.4 Å². The Hall–Kier alpha value is -3.11. The maximum absolute atomic E-state index is 13.0. The fraction of sp³-hybridized carbons (Fsp3) is 0.409. The molecule has 3 heterocycles. The number of anilines is 3. The van der Waals surface area contributed by atoms with Crippen molar-refractivity contribution in [2.45, 2.75) is 45.2 Å². The van der Waals surface area contributed by atoms with Crippen molar-refractivity contribution in [2.24, 2.45) is 0 Å². The molecule has 2 unspecified atom stereocenters. The van der Waals surface area contributed by atoms with Gasteiger partial charge in [-0.3, -0.25) is 4.79 Å². The standard InChI is InChI=1S/C22H27N5O4S/c1-3-16(18-10-9-13(2)31-18)23-20-21(26-32-25-20)24-17-8-4-7-15(19(17)29)22(30)27-11-5-6-14(27)12-28/h4,7-10,14,16,28-29H,3,5-6,11-12H2,1-2H3,(H,23,25)(H,24,26). The van der Waals surface area contributed by atoms with Crippen LogP contribution in [0.5, 0.6) is 5.75 Å². The van der Waals surface area contributed by atoms with E-state index >= 15 is 0 Å². The Morgan fingerprint density at radius 3 is 2.84 bits per heavy atom. The van der Waals surface area contributed by atoms with E-state index in [4.69, 9.17) is 4.42 Å². The molecule has 9 nitrogen and oxygen atoms in total. The van der Waals surface area contributed by atoms with Crippen molar-refractivity contribution >= 4 is 35.0 Å². The number of nitrogens with one attached hydrogen (secondary N) is 2. The predicted molar refractivity (Wildman–Crippen MR) is 123 cm³/mol. The number of phenolic OH excluding ortho intramolecular Hbond substituents is 1. The first-order valence-electron chi connectivity index (χ1n) is 10.7. The molecule has 10 heteroatoms. The number of furan rings is 1. The maximum atomic E-state index is 13.0. The Morgan fingerprint density at radius 1 is 1.31 bits per heavy atom. The largest absolute Gasteiger partial charge is 0.505 e. The van der Waals surface area contributed by atoms with Crippen molar-refractivity contribution in [2.75, 3.05) is 23.8 Å². The number of para-hydroxylation sites is 1. The third-order valence-electron chi connectivity index (χ3n) is 5.68. The summed E-state index contributed by atoms with van der Waals surface area (Å²) in [6.45, 7) is 4.42. The number of aliphatic hydroxyl groups excluding tert-OH is 1. The monoisotopic (exact) mass is 457 g/mol. The normalized spacial score (nSPS) is 16.8. The summed E-state index contributed by atoms with van der Waals surface area (Å²) >= 11 is 1.04. The molecule has 2 aromatic heterocycles. The molecule has 170 valence electrons. The molecule has 0 saturated carbocycles. The molecule has 0 aliphatic carbocycles. The Balaban J connectivity index is 1.54. The summed E-state index contributed by atoms with van der Waals surface area (Å²) in [6.07, 6.45) is 2.37. The van der Waals surface area contributed by atoms with Gasteiger partial charge in [-0.05, 0) is 50.5 Å². The number of hydrogen-bond donors (Lipinski definition) is 4. The van der Waals surface area contributed by atoms with Crippen LogP contribution in [0.3, 0.4) is 0 Å². The van der Waals surface area contributed by atoms with Crippen molar-refractivity contribution in [1.82, 2.24) is 13.6 Å². The van der Waals surface area contributed by atoms with Gasteiger partial charge in [-0.25, -0.2) is 0 Å². The van der Waals surface area contributed by atoms with Crippen molar-refractivity contribution in [3.63, 3.8) is 0 Å². The maximum Gasteiger partial charge on any atom is 0.258 e. The topological polar surface area (TPSA) is 124 Å². The second kappa shape index (κ2) is 9.58. The summed E-state index contributed by atoms with van der Waals surface area (Å²) in [5.74, 6) is 2.18. The molecular formula is C22H27N5O4S. The number of nitrogens with zero attached hydrogens (tertiary/aromatic N) is 3. The van der Waals surface area contributed by atoms with Gasteiger partial charge in [-0.2, -0.15) is 8.75 Å². The van der Waals surface area contributed by atoms with Gasteiger partial charge >= 0.3 is 0 Å². The molecule has 0 radical (unpaired) electrons. The summed E-state index contributed by atoms with van der Waals surface area (Å²) < 4.78 is 14.4. The van der Waals surface area contributed by atoms with Gasteiger partial charge in [0.15, 0.2) is 17.4 Å². The average Bonchev–Trinajstić information content (AvgIpc) is 3.54. The van der Waals surface area contributed by atoms with Gasteiger partial charge in [0.25, 0.3) is 5.91 Å². The lowest BCUT2D eigenvalue weighted by atomic mass is 10.1. The number of rotatable bonds is 8. The van der Waals surface area contributed by atoms with Gasteiger partial charge in [-0.1, -0.05) is 13.0 Å². The van der Waals surface area contributed by atoms with Crippen LogP contribution in [0, 0.1) is 6.92 Å². The number of aryl methyl sites for hydroxylation is 1. The van der Waals surface area contributed by atoms with E-state index in [9.17, 15) is 15.0 Å². The van der Waals surface area contributed by atoms with E-state index in [1.807, 2.05) is 26.0 Å². The summed E-state index contributed by atoms with van der Waals surface area (Å²) in [6, 6.07) is 8.51. The number of phenols is 1. The number of likely N-dealkylation sites (tertiary alicyclic amines) is 1. The van der Waals surface area contributed by atoms with Crippen molar-refractivity contribution in [3.8, 4) is 5.75 Å². The van der Waals surface area contributed by atoms with Crippen molar-refractivity contribution < 1.29 is 19.4 Å². The molecule has 0 spiro atoms. The van der Waals surface area contributed by atoms with E-state index in [1.165, 1.54) is 0 Å². The van der Waals surface area contributed by atoms with Crippen LogP contribution in [-0.2, 0) is 0 Å². The van der Waals surface area contributed by atoms with Crippen LogP contribution in [-0.4, -0.2) is 49.0 Å². The number of aromatic nitrogens is 2. The Morgan fingerprint density at radius 2 is 2.12 bits per heavy atom. The van der Waals surface area contributed by atoms with Gasteiger partial charge < -0.3 is 30.2 Å². The minimum atomic E-state index is -0.295. The van der Waals surface area contributed by atoms with Crippen LogP contribution in [0.25, 0.3) is 0 Å².